The summed E-state index contributed by atoms with van der Waals surface area (Å²) in [5.74, 6) is -2.91. The van der Waals surface area contributed by atoms with Crippen LogP contribution in [0.5, 0.6) is 0 Å². The van der Waals surface area contributed by atoms with Crippen molar-refractivity contribution in [2.45, 2.75) is 30.2 Å². The first-order valence-corrected chi connectivity index (χ1v) is 8.71. The summed E-state index contributed by atoms with van der Waals surface area (Å²) in [5, 5.41) is 2.46. The van der Waals surface area contributed by atoms with Crippen LogP contribution in [-0.2, 0) is 24.2 Å². The molecule has 1 aliphatic carbocycles. The van der Waals surface area contributed by atoms with E-state index in [2.05, 4.69) is 5.32 Å². The molecule has 0 heterocycles. The highest BCUT2D eigenvalue weighted by Gasteiger charge is 2.26. The number of carbonyl (C=O) groups excluding carboxylic acids is 3. The lowest BCUT2D eigenvalue weighted by atomic mass is 10.4. The molecule has 0 spiro atoms. The van der Waals surface area contributed by atoms with Crippen LogP contribution in [-0.4, -0.2) is 37.9 Å². The molecule has 3 N–H and O–H groups in total. The maximum absolute atomic E-state index is 12.0. The van der Waals surface area contributed by atoms with E-state index in [9.17, 15) is 22.8 Å². The van der Waals surface area contributed by atoms with Crippen LogP contribution in [0.3, 0.4) is 0 Å². The predicted octanol–water partition coefficient (Wildman–Crippen LogP) is -0.724. The van der Waals surface area contributed by atoms with Gasteiger partial charge in [0.1, 0.15) is 0 Å². The Morgan fingerprint density at radius 3 is 2.26 bits per heavy atom. The van der Waals surface area contributed by atoms with Crippen LogP contribution in [0.25, 0.3) is 0 Å². The largest absolute Gasteiger partial charge is 0.345 e. The molecule has 2 rings (SSSR count). The number of rotatable bonds is 5. The van der Waals surface area contributed by atoms with Gasteiger partial charge in [-0.25, -0.2) is 8.42 Å². The molecule has 0 saturated heterocycles. The van der Waals surface area contributed by atoms with E-state index in [1.807, 2.05) is 10.9 Å². The molecule has 23 heavy (non-hydrogen) atoms. The molecule has 0 aromatic heterocycles. The van der Waals surface area contributed by atoms with Gasteiger partial charge in [-0.15, -0.1) is 0 Å². The molecule has 1 aromatic rings. The van der Waals surface area contributed by atoms with Crippen LogP contribution in [0.4, 0.5) is 0 Å². The average Bonchev–Trinajstić information content (AvgIpc) is 3.35. The molecule has 0 unspecified atom stereocenters. The molecular weight excluding hydrogens is 322 g/mol. The van der Waals surface area contributed by atoms with Crippen molar-refractivity contribution in [3.8, 4) is 0 Å². The van der Waals surface area contributed by atoms with E-state index in [1.54, 1.807) is 18.2 Å². The van der Waals surface area contributed by atoms with E-state index in [1.165, 1.54) is 12.1 Å². The van der Waals surface area contributed by atoms with Crippen LogP contribution in [0.1, 0.15) is 19.3 Å². The van der Waals surface area contributed by atoms with Gasteiger partial charge in [-0.05, 0) is 25.0 Å². The standard InChI is InChI=1S/C14H17N3O5S/c18-12(16-17-14(20)13(19)15-10-6-7-10)8-9-23(21,22)11-4-2-1-3-5-11/h1-5,10H,6-9H2,(H,15,19)(H,16,18)(H,17,20). The molecule has 124 valence electrons. The van der Waals surface area contributed by atoms with E-state index in [4.69, 9.17) is 0 Å². The molecule has 1 aromatic carbocycles. The zero-order chi connectivity index (χ0) is 16.9. The summed E-state index contributed by atoms with van der Waals surface area (Å²) in [7, 11) is -3.57. The van der Waals surface area contributed by atoms with Crippen LogP contribution < -0.4 is 16.2 Å². The summed E-state index contributed by atoms with van der Waals surface area (Å²) in [6.45, 7) is 0. The highest BCUT2D eigenvalue weighted by molar-refractivity contribution is 7.91. The van der Waals surface area contributed by atoms with E-state index >= 15 is 0 Å². The fourth-order valence-electron chi connectivity index (χ4n) is 1.70. The molecule has 0 atom stereocenters. The van der Waals surface area contributed by atoms with Crippen molar-refractivity contribution in [2.24, 2.45) is 0 Å². The first kappa shape index (κ1) is 16.9. The Morgan fingerprint density at radius 2 is 1.65 bits per heavy atom. The predicted molar refractivity (Wildman–Crippen MR) is 80.6 cm³/mol. The number of carbonyl (C=O) groups is 3. The van der Waals surface area contributed by atoms with Gasteiger partial charge >= 0.3 is 11.8 Å². The second-order valence-electron chi connectivity index (χ2n) is 5.13. The molecule has 1 saturated carbocycles. The van der Waals surface area contributed by atoms with Gasteiger partial charge < -0.3 is 5.32 Å². The lowest BCUT2D eigenvalue weighted by molar-refractivity contribution is -0.141. The maximum Gasteiger partial charge on any atom is 0.327 e. The van der Waals surface area contributed by atoms with Crippen molar-refractivity contribution < 1.29 is 22.8 Å². The summed E-state index contributed by atoms with van der Waals surface area (Å²) in [6.07, 6.45) is 1.34. The Bertz CT molecular complexity index is 698. The topological polar surface area (TPSA) is 121 Å². The maximum atomic E-state index is 12.0. The Morgan fingerprint density at radius 1 is 1.00 bits per heavy atom. The second-order valence-corrected chi connectivity index (χ2v) is 7.24. The van der Waals surface area contributed by atoms with Crippen molar-refractivity contribution >= 4 is 27.6 Å². The zero-order valence-corrected chi connectivity index (χ0v) is 13.1. The number of hydrogen-bond acceptors (Lipinski definition) is 5. The van der Waals surface area contributed by atoms with Gasteiger partial charge in [0.25, 0.3) is 0 Å². The Hall–Kier alpha value is -2.42. The van der Waals surface area contributed by atoms with Crippen molar-refractivity contribution in [3.63, 3.8) is 0 Å². The summed E-state index contributed by atoms with van der Waals surface area (Å²) in [5.41, 5.74) is 3.96. The van der Waals surface area contributed by atoms with Crippen molar-refractivity contribution in [1.82, 2.24) is 16.2 Å². The average molecular weight is 339 g/mol. The van der Waals surface area contributed by atoms with Crippen LogP contribution in [0, 0.1) is 0 Å². The van der Waals surface area contributed by atoms with Gasteiger partial charge in [-0.3, -0.25) is 25.2 Å². The molecule has 0 radical (unpaired) electrons. The van der Waals surface area contributed by atoms with E-state index in [0.717, 1.165) is 12.8 Å². The van der Waals surface area contributed by atoms with Gasteiger partial charge in [0.2, 0.25) is 5.91 Å². The highest BCUT2D eigenvalue weighted by atomic mass is 32.2. The van der Waals surface area contributed by atoms with Crippen LogP contribution >= 0.6 is 0 Å². The van der Waals surface area contributed by atoms with E-state index < -0.39 is 33.3 Å². The van der Waals surface area contributed by atoms with E-state index in [-0.39, 0.29) is 17.4 Å². The minimum atomic E-state index is -3.57. The lowest BCUT2D eigenvalue weighted by Crippen LogP contribution is -2.49. The van der Waals surface area contributed by atoms with E-state index in [0.29, 0.717) is 0 Å². The third-order valence-electron chi connectivity index (χ3n) is 3.13. The molecule has 8 nitrogen and oxygen atoms in total. The molecule has 0 aliphatic heterocycles. The number of benzene rings is 1. The molecule has 1 fully saturated rings. The number of hydrazine groups is 1. The van der Waals surface area contributed by atoms with Crippen LogP contribution in [0.2, 0.25) is 0 Å². The Balaban J connectivity index is 1.74. The summed E-state index contributed by atoms with van der Waals surface area (Å²) >= 11 is 0. The molecule has 0 bridgehead atoms. The molecule has 1 aliphatic rings. The minimum Gasteiger partial charge on any atom is -0.345 e. The molecular formula is C14H17N3O5S. The van der Waals surface area contributed by atoms with Gasteiger partial charge in [0.15, 0.2) is 9.84 Å². The Kier molecular flexibility index (Phi) is 5.32. The number of nitrogens with one attached hydrogen (secondary N) is 3. The number of amides is 3. The van der Waals surface area contributed by atoms with Crippen molar-refractivity contribution in [2.75, 3.05) is 5.75 Å². The minimum absolute atomic E-state index is 0.0277. The number of sulfone groups is 1. The first-order chi connectivity index (χ1) is 10.9. The third kappa shape index (κ3) is 5.37. The second kappa shape index (κ2) is 7.23. The summed E-state index contributed by atoms with van der Waals surface area (Å²) < 4.78 is 24.0. The lowest BCUT2D eigenvalue weighted by Gasteiger charge is -2.08. The van der Waals surface area contributed by atoms with Gasteiger partial charge in [0, 0.05) is 12.5 Å². The SMILES string of the molecule is O=C(CCS(=O)(=O)c1ccccc1)NNC(=O)C(=O)NC1CC1. The van der Waals surface area contributed by atoms with Gasteiger partial charge in [-0.1, -0.05) is 18.2 Å². The molecule has 9 heteroatoms. The molecule has 3 amide bonds. The quantitative estimate of drug-likeness (QED) is 0.483. The fourth-order valence-corrected chi connectivity index (χ4v) is 2.96. The smallest absolute Gasteiger partial charge is 0.327 e. The number of hydrogen-bond donors (Lipinski definition) is 3. The monoisotopic (exact) mass is 339 g/mol. The van der Waals surface area contributed by atoms with Gasteiger partial charge in [0.05, 0.1) is 10.6 Å². The summed E-state index contributed by atoms with van der Waals surface area (Å²) in [6, 6.07) is 7.78. The fraction of sp³-hybridized carbons (Fsp3) is 0.357. The van der Waals surface area contributed by atoms with Crippen LogP contribution in [0.15, 0.2) is 35.2 Å². The van der Waals surface area contributed by atoms with Gasteiger partial charge in [-0.2, -0.15) is 0 Å². The highest BCUT2D eigenvalue weighted by Crippen LogP contribution is 2.18. The third-order valence-corrected chi connectivity index (χ3v) is 4.87. The van der Waals surface area contributed by atoms with Crippen molar-refractivity contribution in [3.05, 3.63) is 30.3 Å². The zero-order valence-electron chi connectivity index (χ0n) is 12.2. The normalized spacial score (nSPS) is 13.9. The van der Waals surface area contributed by atoms with Crippen molar-refractivity contribution in [1.29, 1.82) is 0 Å². The Labute approximate surface area is 133 Å². The first-order valence-electron chi connectivity index (χ1n) is 7.06. The summed E-state index contributed by atoms with van der Waals surface area (Å²) in [4.78, 5) is 34.4.